The highest BCUT2D eigenvalue weighted by Crippen LogP contribution is 2.29. The first-order valence-electron chi connectivity index (χ1n) is 11.4. The first-order chi connectivity index (χ1) is 15.2. The number of nitrogens with one attached hydrogen (secondary N) is 3. The van der Waals surface area contributed by atoms with Crippen molar-refractivity contribution in [2.45, 2.75) is 93.9 Å². The van der Waals surface area contributed by atoms with E-state index < -0.39 is 9.96 Å². The summed E-state index contributed by atoms with van der Waals surface area (Å²) >= 11 is 26.9. The highest BCUT2D eigenvalue weighted by atomic mass is 79.9. The normalized spacial score (nSPS) is 12.3. The second-order valence-electron chi connectivity index (χ2n) is 7.91. The molecule has 32 heavy (non-hydrogen) atoms. The Kier molecular flexibility index (Phi) is 16.0. The fraction of sp³-hybridized carbons (Fsp3) is 0.652. The Labute approximate surface area is 222 Å². The number of alkyl halides is 3. The lowest BCUT2D eigenvalue weighted by molar-refractivity contribution is -0.122. The van der Waals surface area contributed by atoms with E-state index in [4.69, 9.17) is 47.0 Å². The van der Waals surface area contributed by atoms with Gasteiger partial charge in [0.25, 0.3) is 0 Å². The smallest absolute Gasteiger partial charge is 0.228 e. The van der Waals surface area contributed by atoms with Gasteiger partial charge in [-0.05, 0) is 46.7 Å². The molecule has 0 unspecified atom stereocenters. The number of carbonyl (C=O) groups is 1. The molecule has 0 aliphatic carbocycles. The summed E-state index contributed by atoms with van der Waals surface area (Å²) in [6, 6.07) is 7.50. The van der Waals surface area contributed by atoms with Crippen LogP contribution in [-0.4, -0.2) is 21.0 Å². The Hall–Kier alpha value is -0.270. The highest BCUT2D eigenvalue weighted by Gasteiger charge is 2.34. The van der Waals surface area contributed by atoms with Crippen LogP contribution < -0.4 is 16.0 Å². The van der Waals surface area contributed by atoms with Crippen LogP contribution in [0.5, 0.6) is 0 Å². The van der Waals surface area contributed by atoms with E-state index in [1.807, 2.05) is 24.3 Å². The van der Waals surface area contributed by atoms with E-state index in [0.717, 1.165) is 29.4 Å². The van der Waals surface area contributed by atoms with Crippen molar-refractivity contribution in [1.29, 1.82) is 0 Å². The summed E-state index contributed by atoms with van der Waals surface area (Å²) in [5.74, 6) is -0.173. The zero-order valence-electron chi connectivity index (χ0n) is 18.7. The second kappa shape index (κ2) is 17.2. The van der Waals surface area contributed by atoms with Crippen molar-refractivity contribution in [3.63, 3.8) is 0 Å². The summed E-state index contributed by atoms with van der Waals surface area (Å²) in [7, 11) is 0. The molecule has 0 bridgehead atoms. The highest BCUT2D eigenvalue weighted by molar-refractivity contribution is 9.10. The molecule has 1 aromatic carbocycles. The van der Waals surface area contributed by atoms with Crippen molar-refractivity contribution in [3.05, 3.63) is 28.7 Å². The summed E-state index contributed by atoms with van der Waals surface area (Å²) in [6.45, 7) is 2.24. The fourth-order valence-corrected chi connectivity index (χ4v) is 4.17. The number of halogens is 4. The number of amides is 1. The number of thiocarbonyl (C=S) groups is 1. The first kappa shape index (κ1) is 29.8. The molecular formula is C23H35BrCl3N3OS. The van der Waals surface area contributed by atoms with E-state index >= 15 is 0 Å². The van der Waals surface area contributed by atoms with Crippen molar-refractivity contribution in [1.82, 2.24) is 10.6 Å². The van der Waals surface area contributed by atoms with Crippen molar-refractivity contribution in [2.24, 2.45) is 0 Å². The molecule has 0 radical (unpaired) electrons. The van der Waals surface area contributed by atoms with Gasteiger partial charge in [-0.2, -0.15) is 0 Å². The lowest BCUT2D eigenvalue weighted by Gasteiger charge is -2.28. The predicted molar refractivity (Wildman–Crippen MR) is 147 cm³/mol. The molecule has 0 spiro atoms. The van der Waals surface area contributed by atoms with Crippen LogP contribution in [0.2, 0.25) is 0 Å². The number of benzene rings is 1. The lowest BCUT2D eigenvalue weighted by Crippen LogP contribution is -2.56. The summed E-state index contributed by atoms with van der Waals surface area (Å²) in [4.78, 5) is 12.4. The number of hydrogen-bond acceptors (Lipinski definition) is 2. The van der Waals surface area contributed by atoms with Gasteiger partial charge >= 0.3 is 0 Å². The van der Waals surface area contributed by atoms with Gasteiger partial charge in [-0.1, -0.05) is 118 Å². The number of rotatable bonds is 15. The summed E-state index contributed by atoms with van der Waals surface area (Å²) in [6.07, 6.45) is 12.9. The van der Waals surface area contributed by atoms with E-state index in [1.165, 1.54) is 51.4 Å². The molecule has 1 amide bonds. The molecule has 0 aromatic heterocycles. The van der Waals surface area contributed by atoms with Crippen LogP contribution in [0.15, 0.2) is 28.7 Å². The Morgan fingerprint density at radius 1 is 0.938 bits per heavy atom. The molecule has 1 rings (SSSR count). The maximum absolute atomic E-state index is 12.4. The predicted octanol–water partition coefficient (Wildman–Crippen LogP) is 8.25. The molecule has 0 aliphatic heterocycles. The van der Waals surface area contributed by atoms with Gasteiger partial charge in [0.1, 0.15) is 6.17 Å². The van der Waals surface area contributed by atoms with Crippen LogP contribution in [0.1, 0.15) is 84.0 Å². The van der Waals surface area contributed by atoms with Crippen LogP contribution in [0.3, 0.4) is 0 Å². The molecule has 182 valence electrons. The number of carbonyl (C=O) groups excluding carboxylic acids is 1. The van der Waals surface area contributed by atoms with Crippen LogP contribution >= 0.6 is 63.0 Å². The molecule has 1 aromatic rings. The van der Waals surface area contributed by atoms with Crippen LogP contribution in [0, 0.1) is 0 Å². The monoisotopic (exact) mass is 585 g/mol. The van der Waals surface area contributed by atoms with E-state index in [1.54, 1.807) is 0 Å². The quantitative estimate of drug-likeness (QED) is 0.0837. The molecule has 3 N–H and O–H groups in total. The minimum Gasteiger partial charge on any atom is -0.339 e. The Bertz CT molecular complexity index is 689. The average Bonchev–Trinajstić information content (AvgIpc) is 2.72. The van der Waals surface area contributed by atoms with Crippen molar-refractivity contribution in [3.8, 4) is 0 Å². The lowest BCUT2D eigenvalue weighted by atomic mass is 10.1. The average molecular weight is 588 g/mol. The Balaban J connectivity index is 2.27. The van der Waals surface area contributed by atoms with Gasteiger partial charge in [0.05, 0.1) is 5.69 Å². The molecule has 0 saturated carbocycles. The number of anilines is 1. The topological polar surface area (TPSA) is 53.2 Å². The minimum atomic E-state index is -1.76. The Morgan fingerprint density at radius 2 is 1.47 bits per heavy atom. The van der Waals surface area contributed by atoms with Gasteiger partial charge in [0, 0.05) is 10.9 Å². The van der Waals surface area contributed by atoms with Gasteiger partial charge in [-0.3, -0.25) is 4.79 Å². The van der Waals surface area contributed by atoms with Crippen LogP contribution in [0.4, 0.5) is 5.69 Å². The molecule has 0 aliphatic rings. The van der Waals surface area contributed by atoms with Crippen molar-refractivity contribution in [2.75, 3.05) is 5.32 Å². The molecule has 9 heteroatoms. The maximum atomic E-state index is 12.4. The van der Waals surface area contributed by atoms with E-state index in [9.17, 15) is 4.79 Å². The van der Waals surface area contributed by atoms with E-state index in [-0.39, 0.29) is 11.0 Å². The summed E-state index contributed by atoms with van der Waals surface area (Å²) < 4.78 is -0.915. The first-order valence-corrected chi connectivity index (χ1v) is 13.8. The molecule has 0 saturated heterocycles. The zero-order chi connectivity index (χ0) is 23.8. The third-order valence-corrected chi connectivity index (χ3v) is 6.60. The Morgan fingerprint density at radius 3 is 2.00 bits per heavy atom. The summed E-state index contributed by atoms with van der Waals surface area (Å²) in [5.41, 5.74) is 0.764. The second-order valence-corrected chi connectivity index (χ2v) is 11.5. The third kappa shape index (κ3) is 14.1. The fourth-order valence-electron chi connectivity index (χ4n) is 3.23. The molecular weight excluding hydrogens is 553 g/mol. The van der Waals surface area contributed by atoms with E-state index in [0.29, 0.717) is 6.42 Å². The zero-order valence-corrected chi connectivity index (χ0v) is 23.4. The number of hydrogen-bond donors (Lipinski definition) is 3. The van der Waals surface area contributed by atoms with Crippen LogP contribution in [-0.2, 0) is 4.79 Å². The SMILES string of the molecule is CCCCCCCCCCCCCC(=O)N[C@H](NC(=S)Nc1ccccc1Br)C(Cl)(Cl)Cl. The summed E-state index contributed by atoms with van der Waals surface area (Å²) in [5, 5.41) is 8.88. The molecule has 1 atom stereocenters. The van der Waals surface area contributed by atoms with Gasteiger partial charge in [-0.15, -0.1) is 0 Å². The van der Waals surface area contributed by atoms with Gasteiger partial charge < -0.3 is 16.0 Å². The van der Waals surface area contributed by atoms with Crippen molar-refractivity contribution >= 4 is 79.7 Å². The third-order valence-electron chi connectivity index (χ3n) is 5.04. The number of unbranched alkanes of at least 4 members (excludes halogenated alkanes) is 10. The van der Waals surface area contributed by atoms with Gasteiger partial charge in [0.15, 0.2) is 5.11 Å². The van der Waals surface area contributed by atoms with E-state index in [2.05, 4.69) is 38.8 Å². The van der Waals surface area contributed by atoms with Gasteiger partial charge in [-0.25, -0.2) is 0 Å². The number of para-hydroxylation sites is 1. The molecule has 0 fully saturated rings. The van der Waals surface area contributed by atoms with Crippen molar-refractivity contribution < 1.29 is 4.79 Å². The molecule has 0 heterocycles. The standard InChI is InChI=1S/C23H35BrCl3N3OS/c1-2-3-4-5-6-7-8-9-10-11-12-17-20(31)29-21(23(25,26)27)30-22(32)28-19-16-14-13-15-18(19)24/h13-16,21H,2-12,17H2,1H3,(H,29,31)(H2,28,30,32)/t21-/m1/s1. The largest absolute Gasteiger partial charge is 0.339 e. The maximum Gasteiger partial charge on any atom is 0.228 e. The van der Waals surface area contributed by atoms with Gasteiger partial charge in [0.2, 0.25) is 9.70 Å². The molecule has 4 nitrogen and oxygen atoms in total. The van der Waals surface area contributed by atoms with Crippen LogP contribution in [0.25, 0.3) is 0 Å². The minimum absolute atomic E-state index is 0.173.